The number of imidazole rings is 1. The van der Waals surface area contributed by atoms with E-state index in [1.165, 1.54) is 11.3 Å². The molecule has 0 aliphatic heterocycles. The van der Waals surface area contributed by atoms with E-state index < -0.39 is 0 Å². The van der Waals surface area contributed by atoms with Crippen LogP contribution in [0.4, 0.5) is 0 Å². The van der Waals surface area contributed by atoms with Gasteiger partial charge < -0.3 is 23.0 Å². The number of hydrogen-bond donors (Lipinski definition) is 0. The first kappa shape index (κ1) is 22.2. The fraction of sp³-hybridized carbons (Fsp3) is 0.185. The Kier molecular flexibility index (Phi) is 5.41. The SMILES string of the molecule is COc1cc(OCc2cccc(-c3c(C)coc3C)c2)c2cc(-c3cn4nc(OC)sc4n3)oc2c1. The van der Waals surface area contributed by atoms with Gasteiger partial charge in [-0.25, -0.2) is 9.50 Å². The molecule has 0 saturated heterocycles. The highest BCUT2D eigenvalue weighted by atomic mass is 32.1. The molecule has 0 aliphatic carbocycles. The van der Waals surface area contributed by atoms with E-state index in [0.717, 1.165) is 38.4 Å². The Morgan fingerprint density at radius 2 is 1.94 bits per heavy atom. The second kappa shape index (κ2) is 8.76. The van der Waals surface area contributed by atoms with Crippen molar-refractivity contribution in [3.05, 3.63) is 71.8 Å². The molecular formula is C27H23N3O5S. The number of rotatable bonds is 7. The Balaban J connectivity index is 1.32. The van der Waals surface area contributed by atoms with Gasteiger partial charge in [-0.15, -0.1) is 5.10 Å². The quantitative estimate of drug-likeness (QED) is 0.241. The number of benzene rings is 2. The van der Waals surface area contributed by atoms with Crippen LogP contribution in [0.15, 0.2) is 63.8 Å². The fourth-order valence-corrected chi connectivity index (χ4v) is 5.01. The lowest BCUT2D eigenvalue weighted by atomic mass is 10.0. The summed E-state index contributed by atoms with van der Waals surface area (Å²) in [5.74, 6) is 2.83. The van der Waals surface area contributed by atoms with Crippen LogP contribution in [-0.4, -0.2) is 28.8 Å². The van der Waals surface area contributed by atoms with Crippen LogP contribution in [0.25, 0.3) is 38.5 Å². The molecule has 6 aromatic rings. The van der Waals surface area contributed by atoms with Gasteiger partial charge in [0, 0.05) is 17.7 Å². The van der Waals surface area contributed by atoms with Gasteiger partial charge in [0.1, 0.15) is 35.1 Å². The minimum atomic E-state index is 0.385. The smallest absolute Gasteiger partial charge is 0.294 e. The van der Waals surface area contributed by atoms with Crippen molar-refractivity contribution in [3.8, 4) is 39.3 Å². The molecule has 4 heterocycles. The molecule has 8 nitrogen and oxygen atoms in total. The number of aryl methyl sites for hydroxylation is 2. The average molecular weight is 502 g/mol. The predicted molar refractivity (Wildman–Crippen MR) is 137 cm³/mol. The molecule has 0 atom stereocenters. The van der Waals surface area contributed by atoms with E-state index >= 15 is 0 Å². The number of hydrogen-bond acceptors (Lipinski definition) is 8. The molecule has 36 heavy (non-hydrogen) atoms. The predicted octanol–water partition coefficient (Wildman–Crippen LogP) is 6.68. The Bertz CT molecular complexity index is 1660. The van der Waals surface area contributed by atoms with Crippen LogP contribution in [0.2, 0.25) is 0 Å². The van der Waals surface area contributed by atoms with Gasteiger partial charge in [0.25, 0.3) is 5.19 Å². The first-order valence-corrected chi connectivity index (χ1v) is 12.1. The summed E-state index contributed by atoms with van der Waals surface area (Å²) in [5.41, 5.74) is 5.70. The normalized spacial score (nSPS) is 11.4. The third-order valence-electron chi connectivity index (χ3n) is 6.03. The summed E-state index contributed by atoms with van der Waals surface area (Å²) in [6.45, 7) is 4.41. The van der Waals surface area contributed by atoms with E-state index in [1.807, 2.05) is 43.5 Å². The third kappa shape index (κ3) is 3.87. The van der Waals surface area contributed by atoms with Gasteiger partial charge in [-0.3, -0.25) is 0 Å². The summed E-state index contributed by atoms with van der Waals surface area (Å²) in [6, 6.07) is 13.9. The van der Waals surface area contributed by atoms with Crippen LogP contribution in [-0.2, 0) is 6.61 Å². The van der Waals surface area contributed by atoms with Crippen LogP contribution >= 0.6 is 11.3 Å². The zero-order chi connectivity index (χ0) is 24.8. The zero-order valence-corrected chi connectivity index (χ0v) is 21.0. The average Bonchev–Trinajstić information content (AvgIpc) is 3.64. The van der Waals surface area contributed by atoms with Crippen molar-refractivity contribution in [1.29, 1.82) is 0 Å². The third-order valence-corrected chi connectivity index (χ3v) is 6.91. The molecule has 2 aromatic carbocycles. The fourth-order valence-electron chi connectivity index (χ4n) is 4.31. The summed E-state index contributed by atoms with van der Waals surface area (Å²) in [4.78, 5) is 5.35. The van der Waals surface area contributed by atoms with E-state index in [-0.39, 0.29) is 0 Å². The second-order valence-electron chi connectivity index (χ2n) is 8.41. The lowest BCUT2D eigenvalue weighted by Gasteiger charge is -2.10. The summed E-state index contributed by atoms with van der Waals surface area (Å²) in [6.07, 6.45) is 3.60. The monoisotopic (exact) mass is 501 g/mol. The maximum atomic E-state index is 6.29. The second-order valence-corrected chi connectivity index (χ2v) is 9.33. The summed E-state index contributed by atoms with van der Waals surface area (Å²) >= 11 is 1.36. The lowest BCUT2D eigenvalue weighted by molar-refractivity contribution is 0.307. The molecule has 0 saturated carbocycles. The highest BCUT2D eigenvalue weighted by Crippen LogP contribution is 2.38. The van der Waals surface area contributed by atoms with Crippen LogP contribution < -0.4 is 14.2 Å². The molecule has 0 N–H and O–H groups in total. The molecular weight excluding hydrogens is 478 g/mol. The van der Waals surface area contributed by atoms with Gasteiger partial charge >= 0.3 is 0 Å². The van der Waals surface area contributed by atoms with E-state index in [4.69, 9.17) is 23.0 Å². The van der Waals surface area contributed by atoms with Crippen molar-refractivity contribution in [2.75, 3.05) is 14.2 Å². The van der Waals surface area contributed by atoms with E-state index in [0.29, 0.717) is 40.3 Å². The van der Waals surface area contributed by atoms with Gasteiger partial charge in [-0.05, 0) is 54.0 Å². The zero-order valence-electron chi connectivity index (χ0n) is 20.2. The molecule has 0 radical (unpaired) electrons. The number of ether oxygens (including phenoxy) is 3. The van der Waals surface area contributed by atoms with Crippen molar-refractivity contribution in [2.45, 2.75) is 20.5 Å². The standard InChI is InChI=1S/C27H23N3O5S/c1-15-13-33-16(2)25(15)18-7-5-6-17(8-18)14-34-22-9-19(31-3)10-23-20(22)11-24(35-23)21-12-30-26(28-21)36-27(29-30)32-4/h5-13H,14H2,1-4H3. The minimum Gasteiger partial charge on any atom is -0.496 e. The number of nitrogens with zero attached hydrogens (tertiary/aromatic N) is 3. The van der Waals surface area contributed by atoms with Crippen molar-refractivity contribution in [3.63, 3.8) is 0 Å². The molecule has 0 spiro atoms. The maximum absolute atomic E-state index is 6.29. The lowest BCUT2D eigenvalue weighted by Crippen LogP contribution is -1.97. The van der Waals surface area contributed by atoms with Crippen LogP contribution in [0, 0.1) is 13.8 Å². The molecule has 9 heteroatoms. The molecule has 0 fully saturated rings. The highest BCUT2D eigenvalue weighted by molar-refractivity contribution is 7.18. The molecule has 4 aromatic heterocycles. The summed E-state index contributed by atoms with van der Waals surface area (Å²) < 4.78 is 30.4. The van der Waals surface area contributed by atoms with Gasteiger partial charge in [0.2, 0.25) is 4.96 Å². The maximum Gasteiger partial charge on any atom is 0.294 e. The van der Waals surface area contributed by atoms with E-state index in [9.17, 15) is 0 Å². The summed E-state index contributed by atoms with van der Waals surface area (Å²) in [7, 11) is 3.21. The van der Waals surface area contributed by atoms with Gasteiger partial charge in [-0.2, -0.15) is 0 Å². The Morgan fingerprint density at radius 1 is 1.06 bits per heavy atom. The minimum absolute atomic E-state index is 0.385. The van der Waals surface area contributed by atoms with E-state index in [1.54, 1.807) is 25.0 Å². The number of aromatic nitrogens is 3. The van der Waals surface area contributed by atoms with Gasteiger partial charge in [-0.1, -0.05) is 18.2 Å². The number of fused-ring (bicyclic) bond motifs is 2. The van der Waals surface area contributed by atoms with Crippen LogP contribution in [0.1, 0.15) is 16.9 Å². The largest absolute Gasteiger partial charge is 0.496 e. The van der Waals surface area contributed by atoms with Gasteiger partial charge in [0.15, 0.2) is 5.76 Å². The van der Waals surface area contributed by atoms with Gasteiger partial charge in [0.05, 0.1) is 32.1 Å². The topological polar surface area (TPSA) is 84.2 Å². The van der Waals surface area contributed by atoms with E-state index in [2.05, 4.69) is 29.1 Å². The van der Waals surface area contributed by atoms with Crippen molar-refractivity contribution in [2.24, 2.45) is 0 Å². The molecule has 0 bridgehead atoms. The van der Waals surface area contributed by atoms with Crippen molar-refractivity contribution < 1.29 is 23.0 Å². The molecule has 6 rings (SSSR count). The van der Waals surface area contributed by atoms with Crippen LogP contribution in [0.3, 0.4) is 0 Å². The highest BCUT2D eigenvalue weighted by Gasteiger charge is 2.17. The Hall–Kier alpha value is -4.24. The molecule has 182 valence electrons. The Labute approximate surface area is 210 Å². The molecule has 0 amide bonds. The number of methoxy groups -OCH3 is 2. The first-order valence-electron chi connectivity index (χ1n) is 11.3. The van der Waals surface area contributed by atoms with Crippen molar-refractivity contribution in [1.82, 2.24) is 14.6 Å². The Morgan fingerprint density at radius 3 is 2.69 bits per heavy atom. The number of furan rings is 2. The molecule has 0 aliphatic rings. The molecule has 0 unspecified atom stereocenters. The van der Waals surface area contributed by atoms with Crippen molar-refractivity contribution >= 4 is 27.3 Å². The van der Waals surface area contributed by atoms with Crippen LogP contribution in [0.5, 0.6) is 16.7 Å². The first-order chi connectivity index (χ1) is 17.5. The summed E-state index contributed by atoms with van der Waals surface area (Å²) in [5, 5.41) is 5.72.